The molecule has 24 heavy (non-hydrogen) atoms. The van der Waals surface area contributed by atoms with E-state index in [9.17, 15) is 4.79 Å². The molecule has 5 nitrogen and oxygen atoms in total. The number of furan rings is 1. The SMILES string of the molecule is O=C(CCc1ccco1)NCc1ccc(N2CCCCCC2)nc1. The van der Waals surface area contributed by atoms with Gasteiger partial charge in [-0.25, -0.2) is 4.98 Å². The fraction of sp³-hybridized carbons (Fsp3) is 0.474. The molecule has 1 amide bonds. The van der Waals surface area contributed by atoms with Crippen molar-refractivity contribution >= 4 is 11.7 Å². The van der Waals surface area contributed by atoms with Gasteiger partial charge in [-0.15, -0.1) is 0 Å². The van der Waals surface area contributed by atoms with Gasteiger partial charge in [0.2, 0.25) is 5.91 Å². The summed E-state index contributed by atoms with van der Waals surface area (Å²) in [6, 6.07) is 7.85. The van der Waals surface area contributed by atoms with Crippen molar-refractivity contribution in [2.45, 2.75) is 45.1 Å². The molecular formula is C19H25N3O2. The number of hydrogen-bond acceptors (Lipinski definition) is 4. The van der Waals surface area contributed by atoms with E-state index < -0.39 is 0 Å². The van der Waals surface area contributed by atoms with Gasteiger partial charge in [-0.1, -0.05) is 18.9 Å². The maximum atomic E-state index is 11.9. The van der Waals surface area contributed by atoms with E-state index in [1.165, 1.54) is 25.7 Å². The maximum absolute atomic E-state index is 11.9. The molecule has 0 aliphatic carbocycles. The summed E-state index contributed by atoms with van der Waals surface area (Å²) in [7, 11) is 0. The highest BCUT2D eigenvalue weighted by Gasteiger charge is 2.11. The lowest BCUT2D eigenvalue weighted by Crippen LogP contribution is -2.25. The first kappa shape index (κ1) is 16.6. The molecule has 2 aromatic heterocycles. The summed E-state index contributed by atoms with van der Waals surface area (Å²) in [6.45, 7) is 2.70. The Morgan fingerprint density at radius 2 is 2.00 bits per heavy atom. The summed E-state index contributed by atoms with van der Waals surface area (Å²) in [5.41, 5.74) is 1.03. The predicted octanol–water partition coefficient (Wildman–Crippen LogP) is 3.30. The van der Waals surface area contributed by atoms with E-state index in [2.05, 4.69) is 27.3 Å². The second-order valence-electron chi connectivity index (χ2n) is 6.28. The number of pyridine rings is 1. The van der Waals surface area contributed by atoms with Crippen molar-refractivity contribution in [3.05, 3.63) is 48.0 Å². The number of hydrogen-bond donors (Lipinski definition) is 1. The van der Waals surface area contributed by atoms with Crippen LogP contribution in [0.1, 0.15) is 43.4 Å². The van der Waals surface area contributed by atoms with Crippen LogP contribution in [0.2, 0.25) is 0 Å². The van der Waals surface area contributed by atoms with Crippen LogP contribution < -0.4 is 10.2 Å². The fourth-order valence-corrected chi connectivity index (χ4v) is 2.99. The van der Waals surface area contributed by atoms with Crippen LogP contribution in [0.4, 0.5) is 5.82 Å². The highest BCUT2D eigenvalue weighted by atomic mass is 16.3. The molecule has 3 heterocycles. The summed E-state index contributed by atoms with van der Waals surface area (Å²) in [6.07, 6.45) is 9.69. The van der Waals surface area contributed by atoms with Crippen molar-refractivity contribution < 1.29 is 9.21 Å². The molecule has 0 unspecified atom stereocenters. The molecule has 0 spiro atoms. The molecule has 0 aromatic carbocycles. The van der Waals surface area contributed by atoms with E-state index in [1.54, 1.807) is 6.26 Å². The molecule has 1 fully saturated rings. The summed E-state index contributed by atoms with van der Waals surface area (Å²) in [5, 5.41) is 2.94. The second kappa shape index (κ2) is 8.52. The van der Waals surface area contributed by atoms with Crippen LogP contribution in [-0.2, 0) is 17.8 Å². The van der Waals surface area contributed by atoms with Gasteiger partial charge >= 0.3 is 0 Å². The van der Waals surface area contributed by atoms with Gasteiger partial charge in [0, 0.05) is 38.7 Å². The lowest BCUT2D eigenvalue weighted by molar-refractivity contribution is -0.121. The molecule has 0 saturated carbocycles. The minimum absolute atomic E-state index is 0.0306. The lowest BCUT2D eigenvalue weighted by atomic mass is 10.2. The van der Waals surface area contributed by atoms with E-state index in [4.69, 9.17) is 4.42 Å². The molecule has 1 saturated heterocycles. The first-order chi connectivity index (χ1) is 11.8. The van der Waals surface area contributed by atoms with Crippen LogP contribution in [0.5, 0.6) is 0 Å². The van der Waals surface area contributed by atoms with Crippen LogP contribution in [-0.4, -0.2) is 24.0 Å². The van der Waals surface area contributed by atoms with Crippen LogP contribution in [0.15, 0.2) is 41.1 Å². The monoisotopic (exact) mass is 327 g/mol. The fourth-order valence-electron chi connectivity index (χ4n) is 2.99. The van der Waals surface area contributed by atoms with Gasteiger partial charge in [0.1, 0.15) is 11.6 Å². The Kier molecular flexibility index (Phi) is 5.88. The summed E-state index contributed by atoms with van der Waals surface area (Å²) in [5.74, 6) is 1.92. The summed E-state index contributed by atoms with van der Waals surface area (Å²) >= 11 is 0. The zero-order chi connectivity index (χ0) is 16.6. The number of carbonyl (C=O) groups is 1. The Bertz CT molecular complexity index is 615. The van der Waals surface area contributed by atoms with Crippen LogP contribution in [0.3, 0.4) is 0 Å². The second-order valence-corrected chi connectivity index (χ2v) is 6.28. The predicted molar refractivity (Wildman–Crippen MR) is 93.8 cm³/mol. The average molecular weight is 327 g/mol. The normalized spacial score (nSPS) is 15.1. The zero-order valence-electron chi connectivity index (χ0n) is 14.0. The first-order valence-electron chi connectivity index (χ1n) is 8.80. The standard InChI is InChI=1S/C19H25N3O2/c23-19(10-8-17-6-5-13-24-17)21-15-16-7-9-18(20-14-16)22-11-3-1-2-4-12-22/h5-7,9,13-14H,1-4,8,10-12,15H2,(H,21,23). The number of anilines is 1. The van der Waals surface area contributed by atoms with Gasteiger partial charge in [0.25, 0.3) is 0 Å². The van der Waals surface area contributed by atoms with Gasteiger partial charge in [-0.2, -0.15) is 0 Å². The van der Waals surface area contributed by atoms with Crippen molar-refractivity contribution in [2.75, 3.05) is 18.0 Å². The average Bonchev–Trinajstić information content (AvgIpc) is 2.99. The minimum atomic E-state index is 0.0306. The van der Waals surface area contributed by atoms with Gasteiger partial charge in [-0.3, -0.25) is 4.79 Å². The van der Waals surface area contributed by atoms with Crippen LogP contribution in [0, 0.1) is 0 Å². The quantitative estimate of drug-likeness (QED) is 0.884. The van der Waals surface area contributed by atoms with E-state index in [0.29, 0.717) is 19.4 Å². The number of aryl methyl sites for hydroxylation is 1. The van der Waals surface area contributed by atoms with Crippen LogP contribution in [0.25, 0.3) is 0 Å². The van der Waals surface area contributed by atoms with E-state index in [1.807, 2.05) is 18.3 Å². The number of amides is 1. The van der Waals surface area contributed by atoms with Crippen molar-refractivity contribution in [1.82, 2.24) is 10.3 Å². The number of carbonyl (C=O) groups excluding carboxylic acids is 1. The topological polar surface area (TPSA) is 58.4 Å². The highest BCUT2D eigenvalue weighted by molar-refractivity contribution is 5.76. The third kappa shape index (κ3) is 4.85. The molecule has 2 aromatic rings. The Morgan fingerprint density at radius 1 is 1.17 bits per heavy atom. The highest BCUT2D eigenvalue weighted by Crippen LogP contribution is 2.17. The van der Waals surface area contributed by atoms with Crippen molar-refractivity contribution in [1.29, 1.82) is 0 Å². The van der Waals surface area contributed by atoms with E-state index >= 15 is 0 Å². The molecule has 0 radical (unpaired) electrons. The van der Waals surface area contributed by atoms with Crippen LogP contribution >= 0.6 is 0 Å². The molecule has 1 aliphatic heterocycles. The summed E-state index contributed by atoms with van der Waals surface area (Å²) in [4.78, 5) is 18.8. The smallest absolute Gasteiger partial charge is 0.220 e. The Balaban J connectivity index is 1.44. The third-order valence-electron chi connectivity index (χ3n) is 4.41. The molecule has 0 atom stereocenters. The maximum Gasteiger partial charge on any atom is 0.220 e. The minimum Gasteiger partial charge on any atom is -0.469 e. The van der Waals surface area contributed by atoms with Crippen molar-refractivity contribution in [3.63, 3.8) is 0 Å². The van der Waals surface area contributed by atoms with Gasteiger partial charge in [-0.05, 0) is 36.6 Å². The summed E-state index contributed by atoms with van der Waals surface area (Å²) < 4.78 is 5.23. The Morgan fingerprint density at radius 3 is 2.67 bits per heavy atom. The molecule has 0 bridgehead atoms. The number of aromatic nitrogens is 1. The van der Waals surface area contributed by atoms with Gasteiger partial charge in [0.05, 0.1) is 6.26 Å². The molecule has 1 aliphatic rings. The largest absolute Gasteiger partial charge is 0.469 e. The van der Waals surface area contributed by atoms with Crippen molar-refractivity contribution in [2.24, 2.45) is 0 Å². The first-order valence-corrected chi connectivity index (χ1v) is 8.80. The lowest BCUT2D eigenvalue weighted by Gasteiger charge is -2.21. The zero-order valence-corrected chi connectivity index (χ0v) is 14.0. The number of nitrogens with one attached hydrogen (secondary N) is 1. The third-order valence-corrected chi connectivity index (χ3v) is 4.41. The Labute approximate surface area is 143 Å². The molecule has 1 N–H and O–H groups in total. The molecule has 5 heteroatoms. The Hall–Kier alpha value is -2.30. The van der Waals surface area contributed by atoms with E-state index in [-0.39, 0.29) is 5.91 Å². The van der Waals surface area contributed by atoms with Gasteiger partial charge < -0.3 is 14.6 Å². The number of rotatable bonds is 6. The molecule has 3 rings (SSSR count). The van der Waals surface area contributed by atoms with E-state index in [0.717, 1.165) is 30.2 Å². The molecular weight excluding hydrogens is 302 g/mol. The number of nitrogens with zero attached hydrogens (tertiary/aromatic N) is 2. The molecule has 128 valence electrons. The van der Waals surface area contributed by atoms with Gasteiger partial charge in [0.15, 0.2) is 0 Å². The van der Waals surface area contributed by atoms with Crippen molar-refractivity contribution in [3.8, 4) is 0 Å².